The minimum absolute atomic E-state index is 0.0888. The van der Waals surface area contributed by atoms with Crippen LogP contribution in [0.2, 0.25) is 5.02 Å². The van der Waals surface area contributed by atoms with Gasteiger partial charge in [0, 0.05) is 22.0 Å². The molecule has 7 nitrogen and oxygen atoms in total. The van der Waals surface area contributed by atoms with Crippen molar-refractivity contribution in [3.63, 3.8) is 0 Å². The number of imide groups is 1. The average molecular weight is 538 g/mol. The molecule has 0 radical (unpaired) electrons. The molecule has 1 heterocycles. The molecule has 0 aromatic heterocycles. The number of carbonyl (C=O) groups is 3. The van der Waals surface area contributed by atoms with Gasteiger partial charge in [0.2, 0.25) is 0 Å². The first kappa shape index (κ1) is 26.3. The summed E-state index contributed by atoms with van der Waals surface area (Å²) in [6.07, 6.45) is 3.27. The second-order valence-electron chi connectivity index (χ2n) is 8.41. The van der Waals surface area contributed by atoms with E-state index in [2.05, 4.69) is 17.6 Å². The van der Waals surface area contributed by atoms with Gasteiger partial charge in [0.05, 0.1) is 12.8 Å². The van der Waals surface area contributed by atoms with Gasteiger partial charge in [0.1, 0.15) is 16.5 Å². The highest BCUT2D eigenvalue weighted by atomic mass is 35.5. The molecule has 0 atom stereocenters. The molecule has 0 fully saturated rings. The van der Waals surface area contributed by atoms with Gasteiger partial charge in [-0.1, -0.05) is 48.7 Å². The SMILES string of the molecule is CCCCc1ccc(NC(=O)c2ccc(NC3=C(Cl)C(=O)N(c4cc(Cl)ccc4OC)C3=O)cc2)cc1. The van der Waals surface area contributed by atoms with Crippen LogP contribution in [-0.4, -0.2) is 24.8 Å². The van der Waals surface area contributed by atoms with E-state index in [9.17, 15) is 14.4 Å². The summed E-state index contributed by atoms with van der Waals surface area (Å²) in [5.74, 6) is -1.33. The number of ether oxygens (including phenoxy) is 1. The molecule has 3 aromatic rings. The van der Waals surface area contributed by atoms with Gasteiger partial charge in [-0.15, -0.1) is 0 Å². The fourth-order valence-electron chi connectivity index (χ4n) is 3.86. The fourth-order valence-corrected chi connectivity index (χ4v) is 4.24. The number of nitrogens with zero attached hydrogens (tertiary/aromatic N) is 1. The van der Waals surface area contributed by atoms with Crippen LogP contribution in [0.15, 0.2) is 77.5 Å². The quantitative estimate of drug-likeness (QED) is 0.309. The van der Waals surface area contributed by atoms with Crippen LogP contribution in [0, 0.1) is 0 Å². The van der Waals surface area contributed by atoms with Crippen LogP contribution in [-0.2, 0) is 16.0 Å². The Labute approximate surface area is 225 Å². The van der Waals surface area contributed by atoms with E-state index in [1.165, 1.54) is 18.7 Å². The number of carbonyl (C=O) groups excluding carboxylic acids is 3. The van der Waals surface area contributed by atoms with Crippen molar-refractivity contribution < 1.29 is 19.1 Å². The number of rotatable bonds is 9. The van der Waals surface area contributed by atoms with Crippen molar-refractivity contribution in [2.45, 2.75) is 26.2 Å². The smallest absolute Gasteiger partial charge is 0.283 e. The van der Waals surface area contributed by atoms with Crippen LogP contribution in [0.3, 0.4) is 0 Å². The van der Waals surface area contributed by atoms with Crippen molar-refractivity contribution in [1.29, 1.82) is 0 Å². The molecule has 9 heteroatoms. The Balaban J connectivity index is 1.45. The molecule has 0 bridgehead atoms. The van der Waals surface area contributed by atoms with E-state index >= 15 is 0 Å². The Morgan fingerprint density at radius 3 is 2.24 bits per heavy atom. The molecular weight excluding hydrogens is 513 g/mol. The predicted molar refractivity (Wildman–Crippen MR) is 146 cm³/mol. The second-order valence-corrected chi connectivity index (χ2v) is 9.22. The van der Waals surface area contributed by atoms with Crippen LogP contribution >= 0.6 is 23.2 Å². The largest absolute Gasteiger partial charge is 0.495 e. The third kappa shape index (κ3) is 5.79. The van der Waals surface area contributed by atoms with E-state index < -0.39 is 11.8 Å². The number of halogens is 2. The lowest BCUT2D eigenvalue weighted by Crippen LogP contribution is -2.32. The van der Waals surface area contributed by atoms with Crippen molar-refractivity contribution in [3.05, 3.63) is 93.6 Å². The summed E-state index contributed by atoms with van der Waals surface area (Å²) in [5, 5.41) is 5.83. The Bertz CT molecular complexity index is 1370. The summed E-state index contributed by atoms with van der Waals surface area (Å²) in [6.45, 7) is 2.15. The van der Waals surface area contributed by atoms with Crippen LogP contribution in [0.25, 0.3) is 0 Å². The van der Waals surface area contributed by atoms with Gasteiger partial charge >= 0.3 is 0 Å². The molecule has 0 saturated carbocycles. The third-order valence-electron chi connectivity index (χ3n) is 5.86. The topological polar surface area (TPSA) is 87.7 Å². The molecule has 1 aliphatic heterocycles. The monoisotopic (exact) mass is 537 g/mol. The minimum Gasteiger partial charge on any atom is -0.495 e. The zero-order valence-electron chi connectivity index (χ0n) is 20.3. The number of amides is 3. The zero-order chi connectivity index (χ0) is 26.5. The van der Waals surface area contributed by atoms with Gasteiger partial charge in [-0.05, 0) is 73.0 Å². The summed E-state index contributed by atoms with van der Waals surface area (Å²) in [7, 11) is 1.42. The Morgan fingerprint density at radius 1 is 0.919 bits per heavy atom. The molecule has 2 N–H and O–H groups in total. The van der Waals surface area contributed by atoms with Gasteiger partial charge in [0.15, 0.2) is 0 Å². The first-order valence-electron chi connectivity index (χ1n) is 11.7. The van der Waals surface area contributed by atoms with Gasteiger partial charge < -0.3 is 15.4 Å². The van der Waals surface area contributed by atoms with Crippen molar-refractivity contribution in [1.82, 2.24) is 0 Å². The minimum atomic E-state index is -0.702. The van der Waals surface area contributed by atoms with Crippen molar-refractivity contribution in [2.24, 2.45) is 0 Å². The highest BCUT2D eigenvalue weighted by Gasteiger charge is 2.40. The molecule has 37 heavy (non-hydrogen) atoms. The van der Waals surface area contributed by atoms with E-state index in [1.807, 2.05) is 24.3 Å². The Hall–Kier alpha value is -3.81. The lowest BCUT2D eigenvalue weighted by Gasteiger charge is -2.18. The number of methoxy groups -OCH3 is 1. The molecule has 0 aliphatic carbocycles. The number of anilines is 3. The normalized spacial score (nSPS) is 13.2. The van der Waals surface area contributed by atoms with Crippen LogP contribution in [0.4, 0.5) is 17.1 Å². The molecule has 0 unspecified atom stereocenters. The standard InChI is InChI=1S/C28H25Cl2N3O4/c1-3-4-5-17-6-11-21(12-7-17)32-26(34)18-8-13-20(14-9-18)31-25-24(30)27(35)33(28(25)36)22-16-19(29)10-15-23(22)37-2/h6-16,31H,3-5H2,1-2H3,(H,32,34). The summed E-state index contributed by atoms with van der Waals surface area (Å²) in [4.78, 5) is 39.5. The lowest BCUT2D eigenvalue weighted by atomic mass is 10.1. The predicted octanol–water partition coefficient (Wildman–Crippen LogP) is 6.38. The molecule has 3 amide bonds. The maximum absolute atomic E-state index is 13.1. The first-order chi connectivity index (χ1) is 17.8. The van der Waals surface area contributed by atoms with E-state index in [0.717, 1.165) is 24.2 Å². The summed E-state index contributed by atoms with van der Waals surface area (Å²) in [6, 6.07) is 18.9. The Morgan fingerprint density at radius 2 is 1.59 bits per heavy atom. The fraction of sp³-hybridized carbons (Fsp3) is 0.179. The molecule has 1 aliphatic rings. The molecule has 190 valence electrons. The molecule has 4 rings (SSSR count). The van der Waals surface area contributed by atoms with Crippen LogP contribution in [0.5, 0.6) is 5.75 Å². The van der Waals surface area contributed by atoms with Crippen molar-refractivity contribution >= 4 is 58.0 Å². The first-order valence-corrected chi connectivity index (χ1v) is 12.5. The van der Waals surface area contributed by atoms with E-state index in [4.69, 9.17) is 27.9 Å². The number of hydrogen-bond donors (Lipinski definition) is 2. The zero-order valence-corrected chi connectivity index (χ0v) is 21.8. The van der Waals surface area contributed by atoms with Crippen LogP contribution < -0.4 is 20.3 Å². The third-order valence-corrected chi connectivity index (χ3v) is 6.44. The van der Waals surface area contributed by atoms with Gasteiger partial charge in [-0.3, -0.25) is 14.4 Å². The van der Waals surface area contributed by atoms with Gasteiger partial charge in [-0.25, -0.2) is 4.90 Å². The highest BCUT2D eigenvalue weighted by Crippen LogP contribution is 2.37. The van der Waals surface area contributed by atoms with Crippen LogP contribution in [0.1, 0.15) is 35.7 Å². The summed E-state index contributed by atoms with van der Waals surface area (Å²) < 4.78 is 5.27. The number of aryl methyl sites for hydroxylation is 1. The number of unbranched alkanes of at least 4 members (excludes halogenated alkanes) is 1. The van der Waals surface area contributed by atoms with Gasteiger partial charge in [-0.2, -0.15) is 0 Å². The molecular formula is C28H25Cl2N3O4. The maximum Gasteiger partial charge on any atom is 0.283 e. The summed E-state index contributed by atoms with van der Waals surface area (Å²) >= 11 is 12.3. The van der Waals surface area contributed by atoms with Crippen molar-refractivity contribution in [3.8, 4) is 5.75 Å². The van der Waals surface area contributed by atoms with E-state index in [0.29, 0.717) is 27.7 Å². The molecule has 3 aromatic carbocycles. The molecule has 0 saturated heterocycles. The number of hydrogen-bond acceptors (Lipinski definition) is 5. The second kappa shape index (κ2) is 11.5. The van der Waals surface area contributed by atoms with E-state index in [1.54, 1.807) is 36.4 Å². The average Bonchev–Trinajstić information content (AvgIpc) is 3.11. The maximum atomic E-state index is 13.1. The highest BCUT2D eigenvalue weighted by molar-refractivity contribution is 6.53. The lowest BCUT2D eigenvalue weighted by molar-refractivity contribution is -0.120. The summed E-state index contributed by atoms with van der Waals surface area (Å²) in [5.41, 5.74) is 2.94. The van der Waals surface area contributed by atoms with Crippen molar-refractivity contribution in [2.75, 3.05) is 22.6 Å². The molecule has 0 spiro atoms. The number of nitrogens with one attached hydrogen (secondary N) is 2. The van der Waals surface area contributed by atoms with Gasteiger partial charge in [0.25, 0.3) is 17.7 Å². The number of benzene rings is 3. The van der Waals surface area contributed by atoms with E-state index in [-0.39, 0.29) is 22.3 Å². The Kier molecular flexibility index (Phi) is 8.16.